The Morgan fingerprint density at radius 1 is 1.48 bits per heavy atom. The summed E-state index contributed by atoms with van der Waals surface area (Å²) in [5.74, 6) is 0.845. The topological polar surface area (TPSA) is 65.2 Å². The van der Waals surface area contributed by atoms with Crippen LogP contribution in [-0.4, -0.2) is 17.6 Å². The second-order valence-corrected chi connectivity index (χ2v) is 7.58. The van der Waals surface area contributed by atoms with E-state index in [1.54, 1.807) is 0 Å². The molecule has 0 spiro atoms. The monoisotopic (exact) mass is 308 g/mol. The number of thiazole rings is 1. The zero-order chi connectivity index (χ0) is 15.0. The third-order valence-corrected chi connectivity index (χ3v) is 5.81. The van der Waals surface area contributed by atoms with Crippen molar-refractivity contribution in [2.75, 3.05) is 6.61 Å². The maximum atomic E-state index is 12.2. The molecule has 2 atom stereocenters. The Morgan fingerprint density at radius 3 is 2.86 bits per heavy atom. The predicted molar refractivity (Wildman–Crippen MR) is 83.5 cm³/mol. The molecular weight excluding hydrogens is 284 g/mol. The number of rotatable bonds is 4. The molecule has 0 aromatic carbocycles. The van der Waals surface area contributed by atoms with E-state index in [4.69, 9.17) is 15.5 Å². The number of carbonyl (C=O) groups excluding carboxylic acids is 1. The van der Waals surface area contributed by atoms with E-state index in [0.29, 0.717) is 23.3 Å². The number of nitrogens with two attached hydrogens (primary N) is 1. The highest BCUT2D eigenvalue weighted by Gasteiger charge is 2.39. The standard InChI is InChI=1S/C16H24N2O2S/c1-3-20-14(19)13-12(11-6-7-11)18-15(21-13)16(17)8-4-5-10(2)9-16/h10-11H,3-9,17H2,1-2H3. The first kappa shape index (κ1) is 15.0. The van der Waals surface area contributed by atoms with Gasteiger partial charge >= 0.3 is 5.97 Å². The van der Waals surface area contributed by atoms with Crippen molar-refractivity contribution in [2.24, 2.45) is 11.7 Å². The number of carbonyl (C=O) groups is 1. The van der Waals surface area contributed by atoms with E-state index in [1.807, 2.05) is 6.92 Å². The summed E-state index contributed by atoms with van der Waals surface area (Å²) in [7, 11) is 0. The Bertz CT molecular complexity index is 538. The van der Waals surface area contributed by atoms with Crippen LogP contribution in [0.4, 0.5) is 0 Å². The van der Waals surface area contributed by atoms with E-state index in [2.05, 4.69) is 6.92 Å². The third kappa shape index (κ3) is 2.99. The van der Waals surface area contributed by atoms with Crippen molar-refractivity contribution < 1.29 is 9.53 Å². The maximum Gasteiger partial charge on any atom is 0.350 e. The summed E-state index contributed by atoms with van der Waals surface area (Å²) in [6.45, 7) is 4.49. The third-order valence-electron chi connectivity index (χ3n) is 4.54. The Kier molecular flexibility index (Phi) is 4.06. The summed E-state index contributed by atoms with van der Waals surface area (Å²) in [6.07, 6.45) is 6.58. The van der Waals surface area contributed by atoms with Crippen molar-refractivity contribution in [3.63, 3.8) is 0 Å². The van der Waals surface area contributed by atoms with Crippen molar-refractivity contribution in [1.29, 1.82) is 0 Å². The van der Waals surface area contributed by atoms with E-state index < -0.39 is 0 Å². The van der Waals surface area contributed by atoms with E-state index >= 15 is 0 Å². The minimum atomic E-state index is -0.350. The molecule has 0 saturated heterocycles. The molecule has 2 saturated carbocycles. The number of aromatic nitrogens is 1. The molecule has 3 rings (SSSR count). The summed E-state index contributed by atoms with van der Waals surface area (Å²) in [4.78, 5) is 17.7. The summed E-state index contributed by atoms with van der Waals surface area (Å²) in [5, 5.41) is 0.944. The van der Waals surface area contributed by atoms with Crippen molar-refractivity contribution in [3.8, 4) is 0 Å². The lowest BCUT2D eigenvalue weighted by atomic mass is 9.77. The Labute approximate surface area is 130 Å². The lowest BCUT2D eigenvalue weighted by Gasteiger charge is -2.35. The molecule has 1 aromatic heterocycles. The first-order valence-corrected chi connectivity index (χ1v) is 8.82. The smallest absolute Gasteiger partial charge is 0.350 e. The minimum Gasteiger partial charge on any atom is -0.462 e. The molecule has 2 fully saturated rings. The average Bonchev–Trinajstić information content (AvgIpc) is 3.17. The highest BCUT2D eigenvalue weighted by atomic mass is 32.1. The van der Waals surface area contributed by atoms with Gasteiger partial charge in [0.2, 0.25) is 0 Å². The molecule has 1 aromatic rings. The van der Waals surface area contributed by atoms with Crippen LogP contribution >= 0.6 is 11.3 Å². The van der Waals surface area contributed by atoms with Crippen LogP contribution in [0, 0.1) is 5.92 Å². The lowest BCUT2D eigenvalue weighted by molar-refractivity contribution is 0.0530. The van der Waals surface area contributed by atoms with Gasteiger partial charge in [0, 0.05) is 5.92 Å². The number of nitrogens with zero attached hydrogens (tertiary/aromatic N) is 1. The van der Waals surface area contributed by atoms with Gasteiger partial charge in [-0.05, 0) is 38.5 Å². The molecule has 1 heterocycles. The first-order chi connectivity index (χ1) is 10.0. The molecule has 21 heavy (non-hydrogen) atoms. The van der Waals surface area contributed by atoms with Gasteiger partial charge in [0.15, 0.2) is 0 Å². The Hall–Kier alpha value is -0.940. The SMILES string of the molecule is CCOC(=O)c1sc(C2(N)CCCC(C)C2)nc1C1CC1. The first-order valence-electron chi connectivity index (χ1n) is 8.00. The summed E-state index contributed by atoms with van der Waals surface area (Å²) < 4.78 is 5.19. The van der Waals surface area contributed by atoms with Gasteiger partial charge in [-0.3, -0.25) is 0 Å². The van der Waals surface area contributed by atoms with E-state index in [-0.39, 0.29) is 11.5 Å². The van der Waals surface area contributed by atoms with E-state index in [1.165, 1.54) is 17.8 Å². The molecule has 116 valence electrons. The molecule has 0 radical (unpaired) electrons. The molecule has 2 aliphatic rings. The van der Waals surface area contributed by atoms with Crippen molar-refractivity contribution >= 4 is 17.3 Å². The van der Waals surface area contributed by atoms with Crippen LogP contribution < -0.4 is 5.73 Å². The van der Waals surface area contributed by atoms with Gasteiger partial charge in [0.05, 0.1) is 17.8 Å². The largest absolute Gasteiger partial charge is 0.462 e. The highest BCUT2D eigenvalue weighted by Crippen LogP contribution is 2.46. The van der Waals surface area contributed by atoms with Crippen LogP contribution in [0.2, 0.25) is 0 Å². The summed E-state index contributed by atoms with van der Waals surface area (Å²) >= 11 is 1.47. The molecule has 0 aliphatic heterocycles. The van der Waals surface area contributed by atoms with Crippen LogP contribution in [0.3, 0.4) is 0 Å². The molecule has 2 aliphatic carbocycles. The fourth-order valence-corrected chi connectivity index (χ4v) is 4.49. The number of hydrogen-bond acceptors (Lipinski definition) is 5. The van der Waals surface area contributed by atoms with Crippen molar-refractivity contribution in [3.05, 3.63) is 15.6 Å². The summed E-state index contributed by atoms with van der Waals surface area (Å²) in [6, 6.07) is 0. The summed E-state index contributed by atoms with van der Waals surface area (Å²) in [5.41, 5.74) is 7.23. The van der Waals surface area contributed by atoms with Crippen LogP contribution in [0.5, 0.6) is 0 Å². The van der Waals surface area contributed by atoms with Crippen LogP contribution in [-0.2, 0) is 10.3 Å². The Morgan fingerprint density at radius 2 is 2.24 bits per heavy atom. The highest BCUT2D eigenvalue weighted by molar-refractivity contribution is 7.13. The van der Waals surface area contributed by atoms with Gasteiger partial charge in [0.1, 0.15) is 9.88 Å². The fourth-order valence-electron chi connectivity index (χ4n) is 3.31. The van der Waals surface area contributed by atoms with Gasteiger partial charge in [-0.2, -0.15) is 0 Å². The Balaban J connectivity index is 1.92. The van der Waals surface area contributed by atoms with Crippen molar-refractivity contribution in [2.45, 2.75) is 63.8 Å². The molecule has 2 unspecified atom stereocenters. The van der Waals surface area contributed by atoms with Crippen LogP contribution in [0.1, 0.15) is 78.7 Å². The minimum absolute atomic E-state index is 0.226. The predicted octanol–water partition coefficient (Wildman–Crippen LogP) is 3.56. The molecule has 0 bridgehead atoms. The van der Waals surface area contributed by atoms with Gasteiger partial charge < -0.3 is 10.5 Å². The lowest BCUT2D eigenvalue weighted by Crippen LogP contribution is -2.40. The molecule has 5 heteroatoms. The average molecular weight is 308 g/mol. The van der Waals surface area contributed by atoms with Crippen LogP contribution in [0.25, 0.3) is 0 Å². The number of hydrogen-bond donors (Lipinski definition) is 1. The maximum absolute atomic E-state index is 12.2. The second kappa shape index (κ2) is 5.69. The molecule has 0 amide bonds. The fraction of sp³-hybridized carbons (Fsp3) is 0.750. The van der Waals surface area contributed by atoms with Crippen LogP contribution in [0.15, 0.2) is 0 Å². The van der Waals surface area contributed by atoms with Crippen molar-refractivity contribution in [1.82, 2.24) is 4.98 Å². The zero-order valence-electron chi connectivity index (χ0n) is 12.9. The normalized spacial score (nSPS) is 29.4. The molecular formula is C16H24N2O2S. The van der Waals surface area contributed by atoms with Gasteiger partial charge in [0.25, 0.3) is 0 Å². The number of esters is 1. The van der Waals surface area contributed by atoms with E-state index in [9.17, 15) is 4.79 Å². The van der Waals surface area contributed by atoms with E-state index in [0.717, 1.165) is 42.8 Å². The zero-order valence-corrected chi connectivity index (χ0v) is 13.7. The van der Waals surface area contributed by atoms with Gasteiger partial charge in [-0.15, -0.1) is 11.3 Å². The molecule has 4 nitrogen and oxygen atoms in total. The van der Waals surface area contributed by atoms with Gasteiger partial charge in [-0.25, -0.2) is 9.78 Å². The molecule has 2 N–H and O–H groups in total. The number of ether oxygens (including phenoxy) is 1. The van der Waals surface area contributed by atoms with Gasteiger partial charge in [-0.1, -0.05) is 19.8 Å². The quantitative estimate of drug-likeness (QED) is 0.864. The second-order valence-electron chi connectivity index (χ2n) is 6.59.